The maximum absolute atomic E-state index is 12.7. The molecular formula is C24H44O6. The van der Waals surface area contributed by atoms with Gasteiger partial charge in [-0.3, -0.25) is 9.59 Å². The van der Waals surface area contributed by atoms with Crippen molar-refractivity contribution >= 4 is 11.8 Å². The standard InChI is InChI=1S/C24H44O6/c1-4-5-6-9-18(26)11-12-20-19(21(27)16-22(20)30-15-14-25)10-7-8-13-24(2,3)17-23(28)29/h18-20,22,25-26H,4-17H2,1-3H3,(H,28,29)/t18?,19-,20-,22-/m1/s1. The van der Waals surface area contributed by atoms with Crippen molar-refractivity contribution in [2.75, 3.05) is 13.2 Å². The van der Waals surface area contributed by atoms with E-state index >= 15 is 0 Å². The monoisotopic (exact) mass is 428 g/mol. The summed E-state index contributed by atoms with van der Waals surface area (Å²) in [6, 6.07) is 0. The molecular weight excluding hydrogens is 384 g/mol. The molecule has 6 nitrogen and oxygen atoms in total. The van der Waals surface area contributed by atoms with Gasteiger partial charge in [0.1, 0.15) is 5.78 Å². The Morgan fingerprint density at radius 3 is 2.53 bits per heavy atom. The highest BCUT2D eigenvalue weighted by Gasteiger charge is 2.42. The third-order valence-electron chi connectivity index (χ3n) is 6.46. The number of hydrogen-bond acceptors (Lipinski definition) is 5. The lowest BCUT2D eigenvalue weighted by Crippen LogP contribution is -2.26. The fourth-order valence-corrected chi connectivity index (χ4v) is 4.77. The Kier molecular flexibility index (Phi) is 12.8. The second kappa shape index (κ2) is 14.2. The Bertz CT molecular complexity index is 504. The van der Waals surface area contributed by atoms with Gasteiger partial charge in [0.05, 0.1) is 31.8 Å². The van der Waals surface area contributed by atoms with Crippen molar-refractivity contribution in [3.8, 4) is 0 Å². The molecule has 0 bridgehead atoms. The van der Waals surface area contributed by atoms with E-state index in [-0.39, 0.29) is 54.9 Å². The number of hydrogen-bond donors (Lipinski definition) is 3. The number of carboxylic acids is 1. The van der Waals surface area contributed by atoms with E-state index in [1.54, 1.807) is 0 Å². The predicted molar refractivity (Wildman–Crippen MR) is 117 cm³/mol. The first-order valence-corrected chi connectivity index (χ1v) is 11.8. The molecule has 1 fully saturated rings. The highest BCUT2D eigenvalue weighted by Crippen LogP contribution is 2.39. The highest BCUT2D eigenvalue weighted by atomic mass is 16.5. The summed E-state index contributed by atoms with van der Waals surface area (Å²) in [4.78, 5) is 23.6. The van der Waals surface area contributed by atoms with Crippen LogP contribution in [0.1, 0.15) is 97.8 Å². The predicted octanol–water partition coefficient (Wildman–Crippen LogP) is 4.35. The first-order valence-electron chi connectivity index (χ1n) is 11.8. The molecule has 1 aliphatic rings. The van der Waals surface area contributed by atoms with Crippen LogP contribution in [0.25, 0.3) is 0 Å². The van der Waals surface area contributed by atoms with E-state index in [9.17, 15) is 14.7 Å². The highest BCUT2D eigenvalue weighted by molar-refractivity contribution is 5.84. The van der Waals surface area contributed by atoms with Gasteiger partial charge in [0.2, 0.25) is 0 Å². The summed E-state index contributed by atoms with van der Waals surface area (Å²) < 4.78 is 5.78. The van der Waals surface area contributed by atoms with Gasteiger partial charge < -0.3 is 20.1 Å². The zero-order valence-electron chi connectivity index (χ0n) is 19.3. The number of aliphatic hydroxyl groups excluding tert-OH is 2. The summed E-state index contributed by atoms with van der Waals surface area (Å²) in [6.45, 7) is 6.28. The van der Waals surface area contributed by atoms with Gasteiger partial charge in [-0.1, -0.05) is 52.9 Å². The summed E-state index contributed by atoms with van der Waals surface area (Å²) in [6.07, 6.45) is 9.01. The van der Waals surface area contributed by atoms with Gasteiger partial charge >= 0.3 is 5.97 Å². The van der Waals surface area contributed by atoms with Crippen LogP contribution in [0.2, 0.25) is 0 Å². The van der Waals surface area contributed by atoms with Crippen LogP contribution >= 0.6 is 0 Å². The second-order valence-electron chi connectivity index (χ2n) is 9.78. The lowest BCUT2D eigenvalue weighted by molar-refractivity contribution is -0.139. The second-order valence-corrected chi connectivity index (χ2v) is 9.78. The number of rotatable bonds is 17. The van der Waals surface area contributed by atoms with E-state index in [0.29, 0.717) is 12.8 Å². The molecule has 0 amide bonds. The summed E-state index contributed by atoms with van der Waals surface area (Å²) in [5.41, 5.74) is -0.236. The number of aliphatic carboxylic acids is 1. The van der Waals surface area contributed by atoms with Gasteiger partial charge in [-0.2, -0.15) is 0 Å². The van der Waals surface area contributed by atoms with Gasteiger partial charge in [0, 0.05) is 12.3 Å². The molecule has 0 aromatic heterocycles. The summed E-state index contributed by atoms with van der Waals surface area (Å²) in [5, 5.41) is 28.4. The number of carbonyl (C=O) groups is 2. The van der Waals surface area contributed by atoms with Crippen molar-refractivity contribution in [1.82, 2.24) is 0 Å². The van der Waals surface area contributed by atoms with Gasteiger partial charge in [-0.25, -0.2) is 0 Å². The quantitative estimate of drug-likeness (QED) is 0.298. The Morgan fingerprint density at radius 1 is 1.17 bits per heavy atom. The molecule has 176 valence electrons. The molecule has 0 aliphatic heterocycles. The fraction of sp³-hybridized carbons (Fsp3) is 0.917. The third kappa shape index (κ3) is 10.4. The molecule has 0 heterocycles. The number of ether oxygens (including phenoxy) is 1. The van der Waals surface area contributed by atoms with Crippen molar-refractivity contribution in [2.45, 2.75) is 110 Å². The molecule has 30 heavy (non-hydrogen) atoms. The van der Waals surface area contributed by atoms with Crippen molar-refractivity contribution in [2.24, 2.45) is 17.3 Å². The van der Waals surface area contributed by atoms with Crippen molar-refractivity contribution in [3.63, 3.8) is 0 Å². The fourth-order valence-electron chi connectivity index (χ4n) is 4.77. The SMILES string of the molecule is CCCCCC(O)CC[C@H]1[C@H](OCCO)CC(=O)[C@@H]1CCCCC(C)(C)CC(=O)O. The molecule has 0 aromatic rings. The average Bonchev–Trinajstić information content (AvgIpc) is 2.95. The number of aliphatic hydroxyl groups is 2. The maximum Gasteiger partial charge on any atom is 0.303 e. The topological polar surface area (TPSA) is 104 Å². The number of carboxylic acid groups (broad SMARTS) is 1. The Labute approximate surface area is 182 Å². The van der Waals surface area contributed by atoms with E-state index in [1.165, 1.54) is 0 Å². The molecule has 0 radical (unpaired) electrons. The van der Waals surface area contributed by atoms with Gasteiger partial charge in [0.15, 0.2) is 0 Å². The van der Waals surface area contributed by atoms with E-state index in [2.05, 4.69) is 6.92 Å². The van der Waals surface area contributed by atoms with Crippen LogP contribution in [0.15, 0.2) is 0 Å². The molecule has 4 atom stereocenters. The smallest absolute Gasteiger partial charge is 0.303 e. The molecule has 1 unspecified atom stereocenters. The van der Waals surface area contributed by atoms with E-state index in [4.69, 9.17) is 14.9 Å². The number of carbonyl (C=O) groups excluding carboxylic acids is 1. The molecule has 0 spiro atoms. The molecule has 1 saturated carbocycles. The van der Waals surface area contributed by atoms with Gasteiger partial charge in [-0.15, -0.1) is 0 Å². The normalized spacial score (nSPS) is 23.1. The molecule has 1 aliphatic carbocycles. The maximum atomic E-state index is 12.7. The molecule has 1 rings (SSSR count). The van der Waals surface area contributed by atoms with Crippen molar-refractivity contribution in [1.29, 1.82) is 0 Å². The van der Waals surface area contributed by atoms with E-state index in [1.807, 2.05) is 13.8 Å². The van der Waals surface area contributed by atoms with Crippen LogP contribution in [0, 0.1) is 17.3 Å². The first-order chi connectivity index (χ1) is 14.2. The minimum atomic E-state index is -0.771. The van der Waals surface area contributed by atoms with Gasteiger partial charge in [-0.05, 0) is 43.4 Å². The molecule has 3 N–H and O–H groups in total. The summed E-state index contributed by atoms with van der Waals surface area (Å²) in [7, 11) is 0. The zero-order chi connectivity index (χ0) is 22.6. The van der Waals surface area contributed by atoms with Crippen molar-refractivity contribution in [3.05, 3.63) is 0 Å². The lowest BCUT2D eigenvalue weighted by atomic mass is 9.81. The van der Waals surface area contributed by atoms with Crippen LogP contribution < -0.4 is 0 Å². The lowest BCUT2D eigenvalue weighted by Gasteiger charge is -2.26. The summed E-state index contributed by atoms with van der Waals surface area (Å²) in [5.74, 6) is -0.503. The van der Waals surface area contributed by atoms with Crippen LogP contribution in [-0.2, 0) is 14.3 Å². The Morgan fingerprint density at radius 2 is 1.90 bits per heavy atom. The van der Waals surface area contributed by atoms with Crippen LogP contribution in [0.3, 0.4) is 0 Å². The van der Waals surface area contributed by atoms with Crippen LogP contribution in [-0.4, -0.2) is 52.5 Å². The van der Waals surface area contributed by atoms with Crippen LogP contribution in [0.5, 0.6) is 0 Å². The zero-order valence-corrected chi connectivity index (χ0v) is 19.3. The molecule has 0 saturated heterocycles. The number of unbranched alkanes of at least 4 members (excludes halogenated alkanes) is 3. The van der Waals surface area contributed by atoms with Crippen molar-refractivity contribution < 1.29 is 29.6 Å². The number of Topliss-reactive ketones (excluding diaryl/α,β-unsaturated/α-hetero) is 1. The van der Waals surface area contributed by atoms with Gasteiger partial charge in [0.25, 0.3) is 0 Å². The minimum absolute atomic E-state index is 0.0552. The van der Waals surface area contributed by atoms with E-state index in [0.717, 1.165) is 57.8 Å². The van der Waals surface area contributed by atoms with E-state index < -0.39 is 5.97 Å². The first kappa shape index (κ1) is 27.1. The Balaban J connectivity index is 2.57. The average molecular weight is 429 g/mol. The number of ketones is 1. The third-order valence-corrected chi connectivity index (χ3v) is 6.46. The minimum Gasteiger partial charge on any atom is -0.481 e. The largest absolute Gasteiger partial charge is 0.481 e. The summed E-state index contributed by atoms with van der Waals surface area (Å²) >= 11 is 0. The molecule has 0 aromatic carbocycles. The van der Waals surface area contributed by atoms with Crippen LogP contribution in [0.4, 0.5) is 0 Å². The Hall–Kier alpha value is -0.980. The molecule has 6 heteroatoms.